The Labute approximate surface area is 117 Å². The number of halogens is 1. The largest absolute Gasteiger partial charge is 0.334 e. The molecule has 1 aromatic heterocycles. The van der Waals surface area contributed by atoms with Gasteiger partial charge in [0.15, 0.2) is 0 Å². The molecule has 0 bridgehead atoms. The molecule has 0 unspecified atom stereocenters. The monoisotopic (exact) mass is 295 g/mol. The third-order valence-electron chi connectivity index (χ3n) is 2.99. The Morgan fingerprint density at radius 2 is 1.90 bits per heavy atom. The van der Waals surface area contributed by atoms with Gasteiger partial charge >= 0.3 is 5.69 Å². The van der Waals surface area contributed by atoms with Gasteiger partial charge < -0.3 is 0 Å². The zero-order valence-corrected chi connectivity index (χ0v) is 11.4. The van der Waals surface area contributed by atoms with Gasteiger partial charge in [-0.2, -0.15) is 0 Å². The molecule has 0 aliphatic carbocycles. The summed E-state index contributed by atoms with van der Waals surface area (Å²) in [5, 5.41) is 10.9. The van der Waals surface area contributed by atoms with Crippen LogP contribution >= 0.6 is 11.6 Å². The van der Waals surface area contributed by atoms with E-state index in [-0.39, 0.29) is 27.7 Å². The number of rotatable bonds is 2. The van der Waals surface area contributed by atoms with Crippen LogP contribution in [0.1, 0.15) is 11.1 Å². The van der Waals surface area contributed by atoms with Crippen LogP contribution in [0.3, 0.4) is 0 Å². The molecular formula is C12H10ClN3O4. The molecule has 20 heavy (non-hydrogen) atoms. The molecule has 0 aliphatic rings. The summed E-state index contributed by atoms with van der Waals surface area (Å²) in [4.78, 5) is 36.7. The van der Waals surface area contributed by atoms with Gasteiger partial charge in [-0.05, 0) is 19.9 Å². The Balaban J connectivity index is 2.87. The van der Waals surface area contributed by atoms with Crippen LogP contribution in [-0.2, 0) is 0 Å². The van der Waals surface area contributed by atoms with Gasteiger partial charge in [0.1, 0.15) is 5.15 Å². The van der Waals surface area contributed by atoms with Crippen molar-refractivity contribution < 1.29 is 4.92 Å². The zero-order valence-electron chi connectivity index (χ0n) is 10.6. The van der Waals surface area contributed by atoms with Gasteiger partial charge in [0.25, 0.3) is 11.2 Å². The van der Waals surface area contributed by atoms with E-state index < -0.39 is 16.2 Å². The lowest BCUT2D eigenvalue weighted by atomic mass is 10.1. The maximum absolute atomic E-state index is 12.1. The summed E-state index contributed by atoms with van der Waals surface area (Å²) in [5.74, 6) is 0. The first kappa shape index (κ1) is 14.0. The normalized spacial score (nSPS) is 10.6. The molecule has 0 saturated carbocycles. The molecule has 0 radical (unpaired) electrons. The van der Waals surface area contributed by atoms with Gasteiger partial charge in [0.2, 0.25) is 0 Å². The lowest BCUT2D eigenvalue weighted by Gasteiger charge is -2.09. The average molecular weight is 296 g/mol. The minimum absolute atomic E-state index is 0.0423. The molecule has 0 atom stereocenters. The van der Waals surface area contributed by atoms with Crippen molar-refractivity contribution in [3.05, 3.63) is 65.4 Å². The number of nitro groups is 1. The predicted octanol–water partition coefficient (Wildman–Crippen LogP) is 1.70. The second-order valence-electron chi connectivity index (χ2n) is 4.19. The maximum atomic E-state index is 12.1. The van der Waals surface area contributed by atoms with Crippen molar-refractivity contribution in [2.45, 2.75) is 13.8 Å². The third kappa shape index (κ3) is 2.12. The Bertz CT molecular complexity index is 822. The molecule has 0 amide bonds. The number of nitro benzene ring substituents is 1. The van der Waals surface area contributed by atoms with Crippen molar-refractivity contribution in [1.29, 1.82) is 0 Å². The fourth-order valence-electron chi connectivity index (χ4n) is 1.87. The second kappa shape index (κ2) is 4.93. The highest BCUT2D eigenvalue weighted by molar-refractivity contribution is 6.30. The lowest BCUT2D eigenvalue weighted by molar-refractivity contribution is -0.385. The van der Waals surface area contributed by atoms with E-state index in [1.165, 1.54) is 32.0 Å². The van der Waals surface area contributed by atoms with Crippen LogP contribution in [0.15, 0.2) is 27.8 Å². The van der Waals surface area contributed by atoms with Crippen molar-refractivity contribution in [1.82, 2.24) is 9.55 Å². The summed E-state index contributed by atoms with van der Waals surface area (Å²) in [6.07, 6.45) is 0. The average Bonchev–Trinajstić information content (AvgIpc) is 2.37. The molecule has 0 spiro atoms. The molecular weight excluding hydrogens is 286 g/mol. The molecule has 0 saturated heterocycles. The van der Waals surface area contributed by atoms with Gasteiger partial charge in [-0.1, -0.05) is 17.7 Å². The number of aromatic amines is 1. The van der Waals surface area contributed by atoms with Crippen LogP contribution in [0.2, 0.25) is 5.15 Å². The van der Waals surface area contributed by atoms with E-state index in [9.17, 15) is 19.7 Å². The van der Waals surface area contributed by atoms with Gasteiger partial charge in [-0.3, -0.25) is 19.9 Å². The fraction of sp³-hybridized carbons (Fsp3) is 0.167. The first-order chi connectivity index (χ1) is 9.34. The molecule has 2 aromatic rings. The number of nitrogens with one attached hydrogen (secondary N) is 1. The first-order valence-electron chi connectivity index (χ1n) is 5.60. The van der Waals surface area contributed by atoms with Crippen molar-refractivity contribution >= 4 is 17.3 Å². The van der Waals surface area contributed by atoms with E-state index in [1.807, 2.05) is 0 Å². The van der Waals surface area contributed by atoms with Crippen LogP contribution in [0.5, 0.6) is 0 Å². The SMILES string of the molecule is Cc1c(-n2c(=O)[nH]c(Cl)c(C)c2=O)cccc1[N+](=O)[O-]. The quantitative estimate of drug-likeness (QED) is 0.518. The minimum Gasteiger partial charge on any atom is -0.297 e. The number of hydrogen-bond donors (Lipinski definition) is 1. The van der Waals surface area contributed by atoms with Gasteiger partial charge in [0, 0.05) is 6.07 Å². The Morgan fingerprint density at radius 3 is 2.50 bits per heavy atom. The number of hydrogen-bond acceptors (Lipinski definition) is 4. The van der Waals surface area contributed by atoms with Crippen molar-refractivity contribution in [3.63, 3.8) is 0 Å². The summed E-state index contributed by atoms with van der Waals surface area (Å²) in [6, 6.07) is 4.18. The highest BCUT2D eigenvalue weighted by Gasteiger charge is 2.18. The molecule has 1 N–H and O–H groups in total. The number of aromatic nitrogens is 2. The summed E-state index contributed by atoms with van der Waals surface area (Å²) in [7, 11) is 0. The second-order valence-corrected chi connectivity index (χ2v) is 4.57. The number of nitrogens with zero attached hydrogens (tertiary/aromatic N) is 2. The Hall–Kier alpha value is -2.41. The minimum atomic E-state index is -0.741. The molecule has 0 fully saturated rings. The summed E-state index contributed by atoms with van der Waals surface area (Å²) in [6.45, 7) is 2.94. The van der Waals surface area contributed by atoms with Crippen LogP contribution in [0, 0.1) is 24.0 Å². The van der Waals surface area contributed by atoms with Gasteiger partial charge in [-0.25, -0.2) is 9.36 Å². The fourth-order valence-corrected chi connectivity index (χ4v) is 2.03. The van der Waals surface area contributed by atoms with Gasteiger partial charge in [0.05, 0.1) is 21.7 Å². The maximum Gasteiger partial charge on any atom is 0.334 e. The smallest absolute Gasteiger partial charge is 0.297 e. The highest BCUT2D eigenvalue weighted by atomic mass is 35.5. The van der Waals surface area contributed by atoms with Crippen LogP contribution in [-0.4, -0.2) is 14.5 Å². The third-order valence-corrected chi connectivity index (χ3v) is 3.37. The van der Waals surface area contributed by atoms with Crippen LogP contribution < -0.4 is 11.2 Å². The first-order valence-corrected chi connectivity index (χ1v) is 5.98. The van der Waals surface area contributed by atoms with Crippen molar-refractivity contribution in [2.75, 3.05) is 0 Å². The van der Waals surface area contributed by atoms with Crippen LogP contribution in [0.4, 0.5) is 5.69 Å². The number of benzene rings is 1. The van der Waals surface area contributed by atoms with E-state index in [2.05, 4.69) is 4.98 Å². The van der Waals surface area contributed by atoms with Crippen molar-refractivity contribution in [3.8, 4) is 5.69 Å². The summed E-state index contributed by atoms with van der Waals surface area (Å²) >= 11 is 5.72. The Morgan fingerprint density at radius 1 is 1.25 bits per heavy atom. The van der Waals surface area contributed by atoms with Crippen LogP contribution in [0.25, 0.3) is 5.69 Å². The van der Waals surface area contributed by atoms with E-state index in [1.54, 1.807) is 0 Å². The molecule has 1 heterocycles. The Kier molecular flexibility index (Phi) is 3.46. The molecule has 8 heteroatoms. The topological polar surface area (TPSA) is 98.0 Å². The van der Waals surface area contributed by atoms with Crippen molar-refractivity contribution in [2.24, 2.45) is 0 Å². The molecule has 1 aromatic carbocycles. The summed E-state index contributed by atoms with van der Waals surface area (Å²) < 4.78 is 0.837. The summed E-state index contributed by atoms with van der Waals surface area (Å²) in [5.41, 5.74) is -0.966. The van der Waals surface area contributed by atoms with E-state index >= 15 is 0 Å². The molecule has 7 nitrogen and oxygen atoms in total. The lowest BCUT2D eigenvalue weighted by Crippen LogP contribution is -2.35. The van der Waals surface area contributed by atoms with E-state index in [4.69, 9.17) is 11.6 Å². The van der Waals surface area contributed by atoms with E-state index in [0.29, 0.717) is 0 Å². The van der Waals surface area contributed by atoms with Gasteiger partial charge in [-0.15, -0.1) is 0 Å². The standard InChI is InChI=1S/C12H10ClN3O4/c1-6-8(4-3-5-9(6)16(19)20)15-11(17)7(2)10(13)14-12(15)18/h3-5H,1-2H3,(H,14,18). The molecule has 104 valence electrons. The molecule has 2 rings (SSSR count). The number of H-pyrrole nitrogens is 1. The van der Waals surface area contributed by atoms with E-state index in [0.717, 1.165) is 4.57 Å². The molecule has 0 aliphatic heterocycles. The zero-order chi connectivity index (χ0) is 15.0. The highest BCUT2D eigenvalue weighted by Crippen LogP contribution is 2.22. The predicted molar refractivity (Wildman–Crippen MR) is 73.8 cm³/mol.